The summed E-state index contributed by atoms with van der Waals surface area (Å²) in [5.41, 5.74) is 5.02. The quantitative estimate of drug-likeness (QED) is 0.825. The van der Waals surface area contributed by atoms with Crippen LogP contribution in [0.4, 0.5) is 5.82 Å². The highest BCUT2D eigenvalue weighted by atomic mass is 16.1. The molecule has 0 spiro atoms. The third kappa shape index (κ3) is 4.31. The smallest absolute Gasteiger partial charge is 0.271 e. The molecule has 1 aromatic carbocycles. The van der Waals surface area contributed by atoms with Gasteiger partial charge in [-0.15, -0.1) is 0 Å². The second kappa shape index (κ2) is 8.95. The average Bonchev–Trinajstić information content (AvgIpc) is 3.00. The topological polar surface area (TPSA) is 61.4 Å². The Bertz CT molecular complexity index is 916. The van der Waals surface area contributed by atoms with Gasteiger partial charge in [-0.2, -0.15) is 0 Å². The number of rotatable bonds is 4. The lowest BCUT2D eigenvalue weighted by Crippen LogP contribution is -2.41. The first-order valence-corrected chi connectivity index (χ1v) is 11.9. The molecule has 2 aromatic rings. The Kier molecular flexibility index (Phi) is 5.90. The third-order valence-electron chi connectivity index (χ3n) is 7.55. The number of benzene rings is 1. The Morgan fingerprint density at radius 3 is 2.39 bits per heavy atom. The van der Waals surface area contributed by atoms with Gasteiger partial charge in [-0.3, -0.25) is 9.69 Å². The first-order valence-electron chi connectivity index (χ1n) is 11.9. The number of amides is 1. The van der Waals surface area contributed by atoms with E-state index in [0.717, 1.165) is 37.8 Å². The summed E-state index contributed by atoms with van der Waals surface area (Å²) >= 11 is 0. The van der Waals surface area contributed by atoms with E-state index >= 15 is 0 Å². The molecule has 5 rings (SSSR count). The van der Waals surface area contributed by atoms with Crippen LogP contribution in [-0.4, -0.2) is 60.0 Å². The highest BCUT2D eigenvalue weighted by molar-refractivity contribution is 5.91. The van der Waals surface area contributed by atoms with Crippen LogP contribution in [0.5, 0.6) is 0 Å². The molecule has 1 aromatic heterocycles. The third-order valence-corrected chi connectivity index (χ3v) is 7.55. The molecule has 0 bridgehead atoms. The van der Waals surface area contributed by atoms with Crippen LogP contribution in [0.1, 0.15) is 65.2 Å². The van der Waals surface area contributed by atoms with Gasteiger partial charge in [-0.25, -0.2) is 9.97 Å². The SMILES string of the molecule is CNC(=O)c1cnc(N2CCC(c3ccc4c(c3)CCN(C3CCC3)CC4)CC2)cn1. The molecule has 3 heterocycles. The number of nitrogens with zero attached hydrogens (tertiary/aromatic N) is 4. The van der Waals surface area contributed by atoms with E-state index < -0.39 is 0 Å². The fraction of sp³-hybridized carbons (Fsp3) is 0.560. The van der Waals surface area contributed by atoms with Crippen LogP contribution >= 0.6 is 0 Å². The monoisotopic (exact) mass is 419 g/mol. The van der Waals surface area contributed by atoms with Crippen LogP contribution in [0.15, 0.2) is 30.6 Å². The van der Waals surface area contributed by atoms with Gasteiger partial charge in [0.1, 0.15) is 11.5 Å². The first-order chi connectivity index (χ1) is 15.2. The average molecular weight is 420 g/mol. The van der Waals surface area contributed by atoms with Crippen molar-refractivity contribution >= 4 is 11.7 Å². The number of piperidine rings is 1. The van der Waals surface area contributed by atoms with Crippen molar-refractivity contribution in [2.75, 3.05) is 38.1 Å². The molecule has 0 radical (unpaired) electrons. The van der Waals surface area contributed by atoms with Gasteiger partial charge in [0, 0.05) is 39.3 Å². The van der Waals surface area contributed by atoms with Gasteiger partial charge in [0.25, 0.3) is 5.91 Å². The Hall–Kier alpha value is -2.47. The van der Waals surface area contributed by atoms with Crippen molar-refractivity contribution in [1.82, 2.24) is 20.2 Å². The van der Waals surface area contributed by atoms with Gasteiger partial charge in [0.2, 0.25) is 0 Å². The van der Waals surface area contributed by atoms with Crippen molar-refractivity contribution in [1.29, 1.82) is 0 Å². The number of hydrogen-bond donors (Lipinski definition) is 1. The molecule has 1 N–H and O–H groups in total. The standard InChI is InChI=1S/C25H33N5O/c1-26-25(31)23-16-28-24(17-27-23)30-13-8-19(9-14-30)20-6-5-18-7-11-29(22-3-2-4-22)12-10-21(18)15-20/h5-6,15-17,19,22H,2-4,7-14H2,1H3,(H,26,31). The van der Waals surface area contributed by atoms with E-state index in [4.69, 9.17) is 0 Å². The van der Waals surface area contributed by atoms with Crippen LogP contribution in [0, 0.1) is 0 Å². The predicted octanol–water partition coefficient (Wildman–Crippen LogP) is 3.17. The van der Waals surface area contributed by atoms with Crippen molar-refractivity contribution in [3.8, 4) is 0 Å². The fourth-order valence-electron chi connectivity index (χ4n) is 5.31. The molecule has 1 saturated carbocycles. The molecule has 3 aliphatic rings. The molecule has 1 aliphatic carbocycles. The zero-order valence-corrected chi connectivity index (χ0v) is 18.5. The van der Waals surface area contributed by atoms with Crippen molar-refractivity contribution in [3.05, 3.63) is 53.0 Å². The molecule has 6 nitrogen and oxygen atoms in total. The van der Waals surface area contributed by atoms with Crippen LogP contribution in [0.2, 0.25) is 0 Å². The summed E-state index contributed by atoms with van der Waals surface area (Å²) in [7, 11) is 1.61. The van der Waals surface area contributed by atoms with E-state index in [-0.39, 0.29) is 5.91 Å². The van der Waals surface area contributed by atoms with Crippen molar-refractivity contribution in [3.63, 3.8) is 0 Å². The van der Waals surface area contributed by atoms with Gasteiger partial charge in [-0.1, -0.05) is 24.6 Å². The molecule has 31 heavy (non-hydrogen) atoms. The van der Waals surface area contributed by atoms with E-state index in [1.54, 1.807) is 30.6 Å². The van der Waals surface area contributed by atoms with Gasteiger partial charge in [0.05, 0.1) is 12.4 Å². The molecule has 0 unspecified atom stereocenters. The Morgan fingerprint density at radius 2 is 1.74 bits per heavy atom. The maximum atomic E-state index is 11.7. The number of hydrogen-bond acceptors (Lipinski definition) is 5. The lowest BCUT2D eigenvalue weighted by atomic mass is 9.87. The van der Waals surface area contributed by atoms with Gasteiger partial charge < -0.3 is 10.2 Å². The summed E-state index contributed by atoms with van der Waals surface area (Å²) in [6.07, 6.45) is 12.2. The van der Waals surface area contributed by atoms with Gasteiger partial charge >= 0.3 is 0 Å². The van der Waals surface area contributed by atoms with Crippen molar-refractivity contribution in [2.45, 2.75) is 56.9 Å². The molecule has 0 atom stereocenters. The predicted molar refractivity (Wildman–Crippen MR) is 123 cm³/mol. The highest BCUT2D eigenvalue weighted by Crippen LogP contribution is 2.32. The summed E-state index contributed by atoms with van der Waals surface area (Å²) in [5, 5.41) is 2.59. The molecule has 1 amide bonds. The molecule has 1 saturated heterocycles. The largest absolute Gasteiger partial charge is 0.355 e. The Balaban J connectivity index is 1.20. The van der Waals surface area contributed by atoms with Gasteiger partial charge in [0.15, 0.2) is 0 Å². The maximum Gasteiger partial charge on any atom is 0.271 e. The molecule has 164 valence electrons. The summed E-state index contributed by atoms with van der Waals surface area (Å²) < 4.78 is 0. The Morgan fingerprint density at radius 1 is 0.968 bits per heavy atom. The fourth-order valence-corrected chi connectivity index (χ4v) is 5.31. The minimum absolute atomic E-state index is 0.197. The van der Waals surface area contributed by atoms with Crippen LogP contribution in [0.3, 0.4) is 0 Å². The summed E-state index contributed by atoms with van der Waals surface area (Å²) in [4.78, 5) is 25.4. The molecular formula is C25H33N5O. The highest BCUT2D eigenvalue weighted by Gasteiger charge is 2.27. The van der Waals surface area contributed by atoms with E-state index in [2.05, 4.69) is 43.3 Å². The maximum absolute atomic E-state index is 11.7. The van der Waals surface area contributed by atoms with Crippen LogP contribution < -0.4 is 10.2 Å². The normalized spacial score (nSPS) is 20.6. The number of fused-ring (bicyclic) bond motifs is 1. The number of carbonyl (C=O) groups excluding carboxylic acids is 1. The molecule has 2 fully saturated rings. The van der Waals surface area contributed by atoms with Gasteiger partial charge in [-0.05, 0) is 61.1 Å². The minimum atomic E-state index is -0.197. The number of nitrogens with one attached hydrogen (secondary N) is 1. The Labute approximate surface area is 185 Å². The summed E-state index contributed by atoms with van der Waals surface area (Å²) in [6, 6.07) is 8.16. The van der Waals surface area contributed by atoms with E-state index in [9.17, 15) is 4.79 Å². The lowest BCUT2D eigenvalue weighted by Gasteiger charge is -2.36. The van der Waals surface area contributed by atoms with E-state index in [1.165, 1.54) is 50.8 Å². The zero-order chi connectivity index (χ0) is 21.2. The zero-order valence-electron chi connectivity index (χ0n) is 18.5. The lowest BCUT2D eigenvalue weighted by molar-refractivity contribution is 0.0958. The molecule has 2 aliphatic heterocycles. The van der Waals surface area contributed by atoms with Crippen LogP contribution in [0.25, 0.3) is 0 Å². The molecule has 6 heteroatoms. The first kappa shape index (κ1) is 20.4. The molecular weight excluding hydrogens is 386 g/mol. The number of carbonyl (C=O) groups is 1. The second-order valence-electron chi connectivity index (χ2n) is 9.25. The van der Waals surface area contributed by atoms with Crippen LogP contribution in [-0.2, 0) is 12.8 Å². The van der Waals surface area contributed by atoms with E-state index in [1.807, 2.05) is 0 Å². The number of anilines is 1. The second-order valence-corrected chi connectivity index (χ2v) is 9.25. The minimum Gasteiger partial charge on any atom is -0.355 e. The van der Waals surface area contributed by atoms with Crippen molar-refractivity contribution in [2.24, 2.45) is 0 Å². The van der Waals surface area contributed by atoms with E-state index in [0.29, 0.717) is 11.6 Å². The van der Waals surface area contributed by atoms with Crippen molar-refractivity contribution < 1.29 is 4.79 Å². The summed E-state index contributed by atoms with van der Waals surface area (Å²) in [5.74, 6) is 1.28. The summed E-state index contributed by atoms with van der Waals surface area (Å²) in [6.45, 7) is 4.41. The number of aromatic nitrogens is 2.